The fourth-order valence-corrected chi connectivity index (χ4v) is 0.257. The van der Waals surface area contributed by atoms with E-state index in [0.29, 0.717) is 0 Å². The number of aliphatic hydroxyl groups excluding tert-OH is 3. The lowest BCUT2D eigenvalue weighted by Crippen LogP contribution is -2.39. The number of nitrogens with two attached hydrogens (primary N) is 1. The van der Waals surface area contributed by atoms with Crippen LogP contribution in [-0.4, -0.2) is 40.7 Å². The molecule has 0 rings (SSSR count). The molecule has 9 heavy (non-hydrogen) atoms. The molecule has 0 unspecified atom stereocenters. The second-order valence-electron chi connectivity index (χ2n) is 1.60. The minimum atomic E-state index is -1.00. The minimum Gasteiger partial charge on any atom is -0.395 e. The monoisotopic (exact) mass is 157 g/mol. The van der Waals surface area contributed by atoms with Crippen LogP contribution in [0.3, 0.4) is 0 Å². The van der Waals surface area contributed by atoms with Crippen molar-refractivity contribution in [3.05, 3.63) is 0 Å². The van der Waals surface area contributed by atoms with E-state index in [1.165, 1.54) is 0 Å². The van der Waals surface area contributed by atoms with Crippen molar-refractivity contribution in [1.82, 2.24) is 0 Å². The molecule has 0 fully saturated rings. The van der Waals surface area contributed by atoms with E-state index < -0.39 is 18.8 Å². The van der Waals surface area contributed by atoms with Crippen molar-refractivity contribution in [3.63, 3.8) is 0 Å². The van der Waals surface area contributed by atoms with Crippen LogP contribution < -0.4 is 5.73 Å². The van der Waals surface area contributed by atoms with E-state index in [9.17, 15) is 0 Å². The lowest BCUT2D eigenvalue weighted by atomic mass is 10.2. The highest BCUT2D eigenvalue weighted by molar-refractivity contribution is 5.85. The van der Waals surface area contributed by atoms with Gasteiger partial charge in [0.05, 0.1) is 25.4 Å². The van der Waals surface area contributed by atoms with Gasteiger partial charge in [-0.2, -0.15) is 0 Å². The second kappa shape index (κ2) is 6.25. The summed E-state index contributed by atoms with van der Waals surface area (Å²) < 4.78 is 0. The number of hydrogen-bond acceptors (Lipinski definition) is 4. The average Bonchev–Trinajstić information content (AvgIpc) is 1.84. The third kappa shape index (κ3) is 4.62. The molecule has 0 amide bonds. The molecule has 5 heteroatoms. The third-order valence-electron chi connectivity index (χ3n) is 0.892. The van der Waals surface area contributed by atoms with Gasteiger partial charge in [-0.25, -0.2) is 0 Å². The zero-order valence-electron chi connectivity index (χ0n) is 4.90. The van der Waals surface area contributed by atoms with Gasteiger partial charge in [0.25, 0.3) is 0 Å². The Morgan fingerprint density at radius 2 is 1.67 bits per heavy atom. The summed E-state index contributed by atoms with van der Waals surface area (Å²) in [5, 5.41) is 25.0. The molecular formula is C4H12ClNO3. The van der Waals surface area contributed by atoms with Gasteiger partial charge in [0.15, 0.2) is 0 Å². The fourth-order valence-electron chi connectivity index (χ4n) is 0.257. The largest absolute Gasteiger partial charge is 0.395 e. The maximum atomic E-state index is 8.59. The van der Waals surface area contributed by atoms with Gasteiger partial charge in [0.2, 0.25) is 0 Å². The van der Waals surface area contributed by atoms with Crippen LogP contribution in [0.5, 0.6) is 0 Å². The van der Waals surface area contributed by atoms with Crippen LogP contribution in [-0.2, 0) is 0 Å². The molecule has 0 radical (unpaired) electrons. The summed E-state index contributed by atoms with van der Waals surface area (Å²) in [7, 11) is 0. The molecule has 0 aromatic heterocycles. The summed E-state index contributed by atoms with van der Waals surface area (Å²) in [6, 6.07) is -0.722. The molecule has 0 heterocycles. The van der Waals surface area contributed by atoms with Crippen LogP contribution in [0.4, 0.5) is 0 Å². The molecule has 0 spiro atoms. The van der Waals surface area contributed by atoms with E-state index in [1.54, 1.807) is 0 Å². The second-order valence-corrected chi connectivity index (χ2v) is 1.60. The van der Waals surface area contributed by atoms with Crippen molar-refractivity contribution in [2.24, 2.45) is 5.73 Å². The summed E-state index contributed by atoms with van der Waals surface area (Å²) in [6.07, 6.45) is -1.00. The Morgan fingerprint density at radius 1 is 1.22 bits per heavy atom. The number of hydrogen-bond donors (Lipinski definition) is 4. The van der Waals surface area contributed by atoms with Gasteiger partial charge in [0.1, 0.15) is 0 Å². The van der Waals surface area contributed by atoms with Gasteiger partial charge in [-0.1, -0.05) is 0 Å². The Kier molecular flexibility index (Phi) is 8.25. The highest BCUT2D eigenvalue weighted by Crippen LogP contribution is 1.84. The molecule has 0 bridgehead atoms. The van der Waals surface area contributed by atoms with E-state index in [1.807, 2.05) is 0 Å². The molecule has 0 saturated heterocycles. The predicted molar refractivity (Wildman–Crippen MR) is 35.4 cm³/mol. The SMILES string of the molecule is Cl.N[C@H](CO)[C@@H](O)CO. The van der Waals surface area contributed by atoms with E-state index in [2.05, 4.69) is 0 Å². The first-order valence-corrected chi connectivity index (χ1v) is 2.37. The summed E-state index contributed by atoms with van der Waals surface area (Å²) in [4.78, 5) is 0. The predicted octanol–water partition coefficient (Wildman–Crippen LogP) is -1.92. The van der Waals surface area contributed by atoms with Gasteiger partial charge in [0, 0.05) is 0 Å². The van der Waals surface area contributed by atoms with Crippen LogP contribution in [0.25, 0.3) is 0 Å². The number of aliphatic hydroxyl groups is 3. The van der Waals surface area contributed by atoms with Crippen molar-refractivity contribution in [1.29, 1.82) is 0 Å². The molecule has 58 valence electrons. The molecule has 0 aliphatic carbocycles. The normalized spacial score (nSPS) is 16.0. The minimum absolute atomic E-state index is 0. The lowest BCUT2D eigenvalue weighted by Gasteiger charge is -2.12. The van der Waals surface area contributed by atoms with Crippen molar-refractivity contribution >= 4 is 12.4 Å². The van der Waals surface area contributed by atoms with Crippen LogP contribution in [0, 0.1) is 0 Å². The van der Waals surface area contributed by atoms with Crippen LogP contribution in [0.15, 0.2) is 0 Å². The summed E-state index contributed by atoms with van der Waals surface area (Å²) >= 11 is 0. The zero-order chi connectivity index (χ0) is 6.57. The zero-order valence-corrected chi connectivity index (χ0v) is 5.71. The number of rotatable bonds is 3. The first kappa shape index (κ1) is 11.9. The molecule has 2 atom stereocenters. The molecule has 0 aliphatic rings. The van der Waals surface area contributed by atoms with Crippen molar-refractivity contribution in [2.45, 2.75) is 12.1 Å². The van der Waals surface area contributed by atoms with E-state index in [-0.39, 0.29) is 19.0 Å². The smallest absolute Gasteiger partial charge is 0.0943 e. The van der Waals surface area contributed by atoms with Gasteiger partial charge in [-0.05, 0) is 0 Å². The lowest BCUT2D eigenvalue weighted by molar-refractivity contribution is 0.0549. The third-order valence-corrected chi connectivity index (χ3v) is 0.892. The van der Waals surface area contributed by atoms with Crippen LogP contribution in [0.2, 0.25) is 0 Å². The Bertz CT molecular complexity index is 55.8. The Morgan fingerprint density at radius 3 is 1.78 bits per heavy atom. The standard InChI is InChI=1S/C4H11NO3.ClH/c5-3(1-6)4(8)2-7;/h3-4,6-8H,1-2,5H2;1H/t3-,4+;/m1./s1. The summed E-state index contributed by atoms with van der Waals surface area (Å²) in [6.45, 7) is -0.705. The van der Waals surface area contributed by atoms with Gasteiger partial charge < -0.3 is 21.1 Å². The maximum Gasteiger partial charge on any atom is 0.0943 e. The molecular weight excluding hydrogens is 146 g/mol. The first-order chi connectivity index (χ1) is 3.72. The molecule has 0 aromatic carbocycles. The molecule has 5 N–H and O–H groups in total. The van der Waals surface area contributed by atoms with Crippen molar-refractivity contribution in [3.8, 4) is 0 Å². The quantitative estimate of drug-likeness (QED) is 0.385. The Labute approximate surface area is 59.7 Å². The Balaban J connectivity index is 0. The molecule has 0 aliphatic heterocycles. The van der Waals surface area contributed by atoms with Crippen LogP contribution in [0.1, 0.15) is 0 Å². The van der Waals surface area contributed by atoms with Crippen LogP contribution >= 0.6 is 12.4 Å². The topological polar surface area (TPSA) is 86.7 Å². The average molecular weight is 158 g/mol. The summed E-state index contributed by atoms with van der Waals surface area (Å²) in [5.74, 6) is 0. The number of halogens is 1. The van der Waals surface area contributed by atoms with E-state index in [0.717, 1.165) is 0 Å². The fraction of sp³-hybridized carbons (Fsp3) is 1.00. The Hall–Kier alpha value is 0.130. The van der Waals surface area contributed by atoms with Crippen molar-refractivity contribution < 1.29 is 15.3 Å². The molecule has 0 saturated carbocycles. The highest BCUT2D eigenvalue weighted by atomic mass is 35.5. The first-order valence-electron chi connectivity index (χ1n) is 2.37. The summed E-state index contributed by atoms with van der Waals surface area (Å²) in [5.41, 5.74) is 5.07. The maximum absolute atomic E-state index is 8.59. The van der Waals surface area contributed by atoms with Gasteiger partial charge in [-0.15, -0.1) is 12.4 Å². The van der Waals surface area contributed by atoms with E-state index >= 15 is 0 Å². The van der Waals surface area contributed by atoms with Gasteiger partial charge in [-0.3, -0.25) is 0 Å². The van der Waals surface area contributed by atoms with Crippen molar-refractivity contribution in [2.75, 3.05) is 13.2 Å². The highest BCUT2D eigenvalue weighted by Gasteiger charge is 2.10. The van der Waals surface area contributed by atoms with E-state index in [4.69, 9.17) is 21.1 Å². The molecule has 0 aromatic rings. The van der Waals surface area contributed by atoms with Gasteiger partial charge >= 0.3 is 0 Å². The molecule has 4 nitrogen and oxygen atoms in total.